The minimum Gasteiger partial charge on any atom is -0.212 e. The normalized spacial score (nSPS) is 15.4. The van der Waals surface area contributed by atoms with Gasteiger partial charge in [-0.2, -0.15) is 0 Å². The number of rotatable bonds is 4. The van der Waals surface area contributed by atoms with Crippen molar-refractivity contribution in [3.8, 4) is 0 Å². The van der Waals surface area contributed by atoms with Crippen LogP contribution in [0.3, 0.4) is 0 Å². The Hall–Kier alpha value is 0.240. The molecule has 0 heterocycles. The fourth-order valence-electron chi connectivity index (χ4n) is 0.709. The molecule has 0 aliphatic carbocycles. The first-order valence-electron chi connectivity index (χ1n) is 3.77. The Labute approximate surface area is 73.4 Å². The molecule has 2 nitrogen and oxygen atoms in total. The number of hydrogen-bond acceptors (Lipinski definition) is 2. The van der Waals surface area contributed by atoms with E-state index in [1.165, 1.54) is 0 Å². The van der Waals surface area contributed by atoms with Crippen molar-refractivity contribution in [2.45, 2.75) is 38.9 Å². The third kappa shape index (κ3) is 5.50. The van der Waals surface area contributed by atoms with Gasteiger partial charge in [0.15, 0.2) is 0 Å². The van der Waals surface area contributed by atoms with Crippen LogP contribution in [-0.4, -0.2) is 13.7 Å². The summed E-state index contributed by atoms with van der Waals surface area (Å²) in [5.74, 6) is 0.538. The van der Waals surface area contributed by atoms with Gasteiger partial charge in [-0.05, 0) is 25.7 Å². The Balaban J connectivity index is 3.81. The van der Waals surface area contributed by atoms with Gasteiger partial charge < -0.3 is 0 Å². The first kappa shape index (κ1) is 11.2. The molecule has 0 aromatic heterocycles. The molecule has 0 spiro atoms. The second-order valence-electron chi connectivity index (χ2n) is 3.26. The zero-order valence-corrected chi connectivity index (χ0v) is 8.74. The SMILES string of the molecule is CC(C)CCC(C)S(=O)(=O)Cl. The second kappa shape index (κ2) is 4.31. The Morgan fingerprint density at radius 3 is 1.91 bits per heavy atom. The van der Waals surface area contributed by atoms with E-state index in [0.29, 0.717) is 12.3 Å². The van der Waals surface area contributed by atoms with Gasteiger partial charge >= 0.3 is 0 Å². The third-order valence-electron chi connectivity index (χ3n) is 1.63. The molecule has 0 aromatic rings. The Morgan fingerprint density at radius 2 is 1.64 bits per heavy atom. The van der Waals surface area contributed by atoms with Gasteiger partial charge in [0.25, 0.3) is 0 Å². The summed E-state index contributed by atoms with van der Waals surface area (Å²) in [6.45, 7) is 5.77. The van der Waals surface area contributed by atoms with Gasteiger partial charge in [0.1, 0.15) is 0 Å². The lowest BCUT2D eigenvalue weighted by molar-refractivity contribution is 0.536. The van der Waals surface area contributed by atoms with Crippen molar-refractivity contribution >= 4 is 19.7 Å². The molecule has 0 fully saturated rings. The minimum atomic E-state index is -3.33. The van der Waals surface area contributed by atoms with E-state index in [9.17, 15) is 8.42 Å². The van der Waals surface area contributed by atoms with Crippen molar-refractivity contribution < 1.29 is 8.42 Å². The summed E-state index contributed by atoms with van der Waals surface area (Å²) in [5.41, 5.74) is 0. The molecule has 0 aliphatic rings. The summed E-state index contributed by atoms with van der Waals surface area (Å²) >= 11 is 0. The van der Waals surface area contributed by atoms with Crippen LogP contribution in [0.1, 0.15) is 33.6 Å². The highest BCUT2D eigenvalue weighted by Crippen LogP contribution is 2.15. The Morgan fingerprint density at radius 1 is 1.18 bits per heavy atom. The average molecular weight is 199 g/mol. The van der Waals surface area contributed by atoms with Crippen LogP contribution in [0.2, 0.25) is 0 Å². The molecule has 0 N–H and O–H groups in total. The molecule has 0 saturated carbocycles. The highest BCUT2D eigenvalue weighted by Gasteiger charge is 2.16. The summed E-state index contributed by atoms with van der Waals surface area (Å²) in [4.78, 5) is 0. The van der Waals surface area contributed by atoms with Crippen LogP contribution < -0.4 is 0 Å². The molecule has 0 saturated heterocycles. The topological polar surface area (TPSA) is 34.1 Å². The molecule has 0 radical (unpaired) electrons. The van der Waals surface area contributed by atoms with Gasteiger partial charge in [0.05, 0.1) is 5.25 Å². The molecular formula is C7H15ClO2S. The van der Waals surface area contributed by atoms with Crippen molar-refractivity contribution in [3.63, 3.8) is 0 Å². The number of hydrogen-bond donors (Lipinski definition) is 0. The molecule has 0 rings (SSSR count). The lowest BCUT2D eigenvalue weighted by Crippen LogP contribution is -2.12. The molecule has 0 bridgehead atoms. The maximum atomic E-state index is 10.7. The summed E-state index contributed by atoms with van der Waals surface area (Å²) in [6, 6.07) is 0. The monoisotopic (exact) mass is 198 g/mol. The molecule has 1 unspecified atom stereocenters. The van der Waals surface area contributed by atoms with Crippen molar-refractivity contribution in [1.29, 1.82) is 0 Å². The van der Waals surface area contributed by atoms with E-state index in [-0.39, 0.29) is 0 Å². The zero-order valence-electron chi connectivity index (χ0n) is 7.17. The van der Waals surface area contributed by atoms with E-state index in [4.69, 9.17) is 10.7 Å². The van der Waals surface area contributed by atoms with Crippen LogP contribution >= 0.6 is 10.7 Å². The molecule has 68 valence electrons. The van der Waals surface area contributed by atoms with Gasteiger partial charge in [-0.25, -0.2) is 8.42 Å². The van der Waals surface area contributed by atoms with Crippen LogP contribution in [0.5, 0.6) is 0 Å². The fraction of sp³-hybridized carbons (Fsp3) is 1.00. The highest BCUT2D eigenvalue weighted by molar-refractivity contribution is 8.14. The van der Waals surface area contributed by atoms with Crippen LogP contribution in [-0.2, 0) is 9.05 Å². The number of halogens is 1. The standard InChI is InChI=1S/C7H15ClO2S/c1-6(2)4-5-7(3)11(8,9)10/h6-7H,4-5H2,1-3H3. The smallest absolute Gasteiger partial charge is 0.212 e. The van der Waals surface area contributed by atoms with E-state index >= 15 is 0 Å². The predicted molar refractivity (Wildman–Crippen MR) is 48.3 cm³/mol. The first-order valence-corrected chi connectivity index (χ1v) is 6.14. The highest BCUT2D eigenvalue weighted by atomic mass is 35.7. The van der Waals surface area contributed by atoms with Crippen LogP contribution in [0, 0.1) is 5.92 Å². The molecule has 4 heteroatoms. The van der Waals surface area contributed by atoms with Crippen LogP contribution in [0.4, 0.5) is 0 Å². The maximum absolute atomic E-state index is 10.7. The van der Waals surface area contributed by atoms with E-state index in [1.807, 2.05) is 0 Å². The second-order valence-corrected chi connectivity index (χ2v) is 6.30. The van der Waals surface area contributed by atoms with Gasteiger partial charge in [-0.1, -0.05) is 13.8 Å². The average Bonchev–Trinajstić information content (AvgIpc) is 1.80. The molecule has 0 amide bonds. The van der Waals surface area contributed by atoms with E-state index in [1.54, 1.807) is 6.92 Å². The summed E-state index contributed by atoms with van der Waals surface area (Å²) in [6.07, 6.45) is 1.57. The van der Waals surface area contributed by atoms with Crippen molar-refractivity contribution in [1.82, 2.24) is 0 Å². The lowest BCUT2D eigenvalue weighted by atomic mass is 10.1. The van der Waals surface area contributed by atoms with Crippen molar-refractivity contribution in [2.75, 3.05) is 0 Å². The van der Waals surface area contributed by atoms with Crippen LogP contribution in [0.15, 0.2) is 0 Å². The zero-order chi connectivity index (χ0) is 9.07. The molecule has 0 aliphatic heterocycles. The van der Waals surface area contributed by atoms with Crippen molar-refractivity contribution in [2.24, 2.45) is 5.92 Å². The van der Waals surface area contributed by atoms with E-state index in [2.05, 4.69) is 13.8 Å². The third-order valence-corrected chi connectivity index (χ3v) is 3.74. The van der Waals surface area contributed by atoms with Gasteiger partial charge in [0, 0.05) is 10.7 Å². The van der Waals surface area contributed by atoms with Gasteiger partial charge in [0.2, 0.25) is 9.05 Å². The van der Waals surface area contributed by atoms with Crippen molar-refractivity contribution in [3.05, 3.63) is 0 Å². The van der Waals surface area contributed by atoms with Gasteiger partial charge in [-0.3, -0.25) is 0 Å². The lowest BCUT2D eigenvalue weighted by Gasteiger charge is -2.08. The molecule has 11 heavy (non-hydrogen) atoms. The van der Waals surface area contributed by atoms with E-state index in [0.717, 1.165) is 6.42 Å². The van der Waals surface area contributed by atoms with Gasteiger partial charge in [-0.15, -0.1) is 0 Å². The van der Waals surface area contributed by atoms with E-state index < -0.39 is 14.3 Å². The maximum Gasteiger partial charge on any atom is 0.235 e. The summed E-state index contributed by atoms with van der Waals surface area (Å²) in [5, 5.41) is -0.411. The summed E-state index contributed by atoms with van der Waals surface area (Å²) < 4.78 is 21.4. The predicted octanol–water partition coefficient (Wildman–Crippen LogP) is 2.38. The quantitative estimate of drug-likeness (QED) is 0.650. The first-order chi connectivity index (χ1) is 4.84. The molecule has 1 atom stereocenters. The minimum absolute atomic E-state index is 0.411. The van der Waals surface area contributed by atoms with Crippen LogP contribution in [0.25, 0.3) is 0 Å². The Kier molecular flexibility index (Phi) is 4.41. The molecular weight excluding hydrogens is 184 g/mol. The fourth-order valence-corrected chi connectivity index (χ4v) is 1.39. The largest absolute Gasteiger partial charge is 0.235 e. The molecule has 0 aromatic carbocycles. The Bertz CT molecular complexity index is 196. The summed E-state index contributed by atoms with van der Waals surface area (Å²) in [7, 11) is 1.81.